The molecule has 1 aromatic rings. The molecule has 2 heterocycles. The Morgan fingerprint density at radius 1 is 1.30 bits per heavy atom. The van der Waals surface area contributed by atoms with Gasteiger partial charge >= 0.3 is 0 Å². The Morgan fingerprint density at radius 2 is 1.90 bits per heavy atom. The zero-order chi connectivity index (χ0) is 14.4. The van der Waals surface area contributed by atoms with E-state index in [0.717, 1.165) is 18.9 Å². The van der Waals surface area contributed by atoms with Crippen LogP contribution < -0.4 is 16.4 Å². The number of nitrogen functional groups attached to an aromatic ring is 1. The van der Waals surface area contributed by atoms with Crippen LogP contribution in [0.4, 0.5) is 15.8 Å². The number of carbonyl (C=O) groups excluding carboxylic acids is 1. The highest BCUT2D eigenvalue weighted by Crippen LogP contribution is 2.41. The predicted molar refractivity (Wildman–Crippen MR) is 73.9 cm³/mol. The molecule has 1 aromatic carbocycles. The fourth-order valence-corrected chi connectivity index (χ4v) is 3.53. The molecule has 2 fully saturated rings. The topological polar surface area (TPSA) is 92.6 Å². The first-order valence-electron chi connectivity index (χ1n) is 6.82. The Morgan fingerprint density at radius 3 is 2.45 bits per heavy atom. The molecule has 0 spiro atoms. The smallest absolute Gasteiger partial charge is 0.250 e. The van der Waals surface area contributed by atoms with E-state index in [-0.39, 0.29) is 29.4 Å². The van der Waals surface area contributed by atoms with Crippen molar-refractivity contribution in [2.75, 3.05) is 10.6 Å². The highest BCUT2D eigenvalue weighted by molar-refractivity contribution is 5.99. The van der Waals surface area contributed by atoms with Crippen LogP contribution in [0.5, 0.6) is 0 Å². The summed E-state index contributed by atoms with van der Waals surface area (Å²) in [7, 11) is 0. The minimum atomic E-state index is -0.659. The lowest BCUT2D eigenvalue weighted by Gasteiger charge is -2.39. The number of nitrogens with zero attached hydrogens (tertiary/aromatic N) is 1. The van der Waals surface area contributed by atoms with Crippen LogP contribution >= 0.6 is 0 Å². The Kier molecular flexibility index (Phi) is 3.05. The van der Waals surface area contributed by atoms with Crippen molar-refractivity contribution < 1.29 is 14.3 Å². The summed E-state index contributed by atoms with van der Waals surface area (Å²) in [6, 6.07) is 2.82. The van der Waals surface area contributed by atoms with Crippen molar-refractivity contribution >= 4 is 17.3 Å². The summed E-state index contributed by atoms with van der Waals surface area (Å²) in [4.78, 5) is 13.3. The molecule has 5 N–H and O–H groups in total. The number of anilines is 2. The minimum absolute atomic E-state index is 0.0585. The molecule has 2 unspecified atom stereocenters. The Hall–Kier alpha value is -1.82. The molecule has 6 heteroatoms. The second kappa shape index (κ2) is 4.63. The van der Waals surface area contributed by atoms with Crippen LogP contribution in [0.1, 0.15) is 36.0 Å². The number of hydrogen-bond acceptors (Lipinski definition) is 4. The monoisotopic (exact) mass is 279 g/mol. The summed E-state index contributed by atoms with van der Waals surface area (Å²) >= 11 is 0. The third-order valence-corrected chi connectivity index (χ3v) is 4.37. The van der Waals surface area contributed by atoms with Crippen molar-refractivity contribution in [3.05, 3.63) is 23.5 Å². The van der Waals surface area contributed by atoms with E-state index in [1.807, 2.05) is 4.90 Å². The van der Waals surface area contributed by atoms with Gasteiger partial charge in [-0.1, -0.05) is 0 Å². The number of halogens is 1. The highest BCUT2D eigenvalue weighted by atomic mass is 19.1. The number of carbonyl (C=O) groups is 1. The Balaban J connectivity index is 2.02. The third kappa shape index (κ3) is 2.00. The number of amides is 1. The minimum Gasteiger partial charge on any atom is -0.398 e. The number of benzene rings is 1. The van der Waals surface area contributed by atoms with Crippen LogP contribution in [-0.2, 0) is 0 Å². The van der Waals surface area contributed by atoms with E-state index in [4.69, 9.17) is 11.5 Å². The lowest BCUT2D eigenvalue weighted by molar-refractivity contribution is 0.100. The van der Waals surface area contributed by atoms with Crippen LogP contribution in [0.25, 0.3) is 0 Å². The standard InChI is InChI=1S/C14H18FN3O2/c15-11-6-12(16)10(14(17)20)5-13(11)18-7-1-2-8(18)4-9(19)3-7/h5-9,19H,1-4,16H2,(H2,17,20). The van der Waals surface area contributed by atoms with Crippen LogP contribution in [0.3, 0.4) is 0 Å². The first-order chi connectivity index (χ1) is 9.47. The van der Waals surface area contributed by atoms with Crippen LogP contribution in [-0.4, -0.2) is 29.2 Å². The first-order valence-corrected chi connectivity index (χ1v) is 6.82. The van der Waals surface area contributed by atoms with Gasteiger partial charge in [0.15, 0.2) is 0 Å². The van der Waals surface area contributed by atoms with Crippen molar-refractivity contribution in [1.29, 1.82) is 0 Å². The summed E-state index contributed by atoms with van der Waals surface area (Å²) < 4.78 is 14.2. The maximum absolute atomic E-state index is 14.2. The van der Waals surface area contributed by atoms with Crippen molar-refractivity contribution in [2.45, 2.75) is 43.9 Å². The Bertz CT molecular complexity index is 550. The third-order valence-electron chi connectivity index (χ3n) is 4.37. The van der Waals surface area contributed by atoms with E-state index in [1.54, 1.807) is 0 Å². The molecule has 0 radical (unpaired) electrons. The second-order valence-electron chi connectivity index (χ2n) is 5.67. The predicted octanol–water partition coefficient (Wildman–Crippen LogP) is 0.999. The molecule has 3 rings (SSSR count). The first kappa shape index (κ1) is 13.2. The molecule has 1 amide bonds. The van der Waals surface area contributed by atoms with Gasteiger partial charge in [-0.15, -0.1) is 0 Å². The van der Waals surface area contributed by atoms with E-state index in [0.29, 0.717) is 18.5 Å². The maximum Gasteiger partial charge on any atom is 0.250 e. The van der Waals surface area contributed by atoms with Gasteiger partial charge in [0.05, 0.1) is 17.4 Å². The van der Waals surface area contributed by atoms with Crippen molar-refractivity contribution in [3.63, 3.8) is 0 Å². The van der Waals surface area contributed by atoms with Crippen molar-refractivity contribution in [1.82, 2.24) is 0 Å². The molecule has 2 saturated heterocycles. The zero-order valence-electron chi connectivity index (χ0n) is 11.1. The number of rotatable bonds is 2. The average Bonchev–Trinajstić information content (AvgIpc) is 2.62. The summed E-state index contributed by atoms with van der Waals surface area (Å²) in [5.41, 5.74) is 11.5. The van der Waals surface area contributed by atoms with Crippen LogP contribution in [0.2, 0.25) is 0 Å². The quantitative estimate of drug-likeness (QED) is 0.704. The van der Waals surface area contributed by atoms with E-state index in [1.165, 1.54) is 6.07 Å². The molecule has 2 atom stereocenters. The summed E-state index contributed by atoms with van der Waals surface area (Å²) in [5.74, 6) is -1.10. The molecule has 0 aromatic heterocycles. The van der Waals surface area contributed by atoms with Crippen LogP contribution in [0, 0.1) is 5.82 Å². The molecule has 2 bridgehead atoms. The van der Waals surface area contributed by atoms with Crippen LogP contribution in [0.15, 0.2) is 12.1 Å². The molecular formula is C14H18FN3O2. The van der Waals surface area contributed by atoms with Gasteiger partial charge in [-0.05, 0) is 37.8 Å². The number of nitrogens with two attached hydrogens (primary N) is 2. The number of piperidine rings is 1. The number of hydrogen-bond donors (Lipinski definition) is 3. The largest absolute Gasteiger partial charge is 0.398 e. The van der Waals surface area contributed by atoms with Gasteiger partial charge < -0.3 is 21.5 Å². The summed E-state index contributed by atoms with van der Waals surface area (Å²) in [6.07, 6.45) is 2.80. The summed E-state index contributed by atoms with van der Waals surface area (Å²) in [6.45, 7) is 0. The van der Waals surface area contributed by atoms with E-state index < -0.39 is 11.7 Å². The Labute approximate surface area is 116 Å². The molecule has 0 saturated carbocycles. The molecule has 2 aliphatic rings. The van der Waals surface area contributed by atoms with E-state index in [9.17, 15) is 14.3 Å². The van der Waals surface area contributed by atoms with Crippen molar-refractivity contribution in [2.24, 2.45) is 5.73 Å². The molecular weight excluding hydrogens is 261 g/mol. The number of aliphatic hydroxyl groups excluding tert-OH is 1. The lowest BCUT2D eigenvalue weighted by atomic mass is 9.98. The fraction of sp³-hybridized carbons (Fsp3) is 0.500. The van der Waals surface area contributed by atoms with Gasteiger partial charge in [0.25, 0.3) is 5.91 Å². The molecule has 108 valence electrons. The molecule has 20 heavy (non-hydrogen) atoms. The van der Waals surface area contributed by atoms with E-state index in [2.05, 4.69) is 0 Å². The average molecular weight is 279 g/mol. The molecule has 2 aliphatic heterocycles. The second-order valence-corrected chi connectivity index (χ2v) is 5.67. The fourth-order valence-electron chi connectivity index (χ4n) is 3.53. The van der Waals surface area contributed by atoms with Crippen molar-refractivity contribution in [3.8, 4) is 0 Å². The maximum atomic E-state index is 14.2. The van der Waals surface area contributed by atoms with Gasteiger partial charge in [-0.3, -0.25) is 4.79 Å². The number of fused-ring (bicyclic) bond motifs is 2. The zero-order valence-corrected chi connectivity index (χ0v) is 11.1. The van der Waals surface area contributed by atoms with E-state index >= 15 is 0 Å². The lowest BCUT2D eigenvalue weighted by Crippen LogP contribution is -2.45. The van der Waals surface area contributed by atoms with Gasteiger partial charge in [-0.2, -0.15) is 0 Å². The number of primary amides is 1. The van der Waals surface area contributed by atoms with Gasteiger partial charge in [0.2, 0.25) is 0 Å². The van der Waals surface area contributed by atoms with Gasteiger partial charge in [0.1, 0.15) is 5.82 Å². The molecule has 5 nitrogen and oxygen atoms in total. The normalized spacial score (nSPS) is 28.7. The summed E-state index contributed by atoms with van der Waals surface area (Å²) in [5, 5.41) is 9.80. The van der Waals surface area contributed by atoms with Gasteiger partial charge in [-0.25, -0.2) is 4.39 Å². The SMILES string of the molecule is NC(=O)c1cc(N2C3CCC2CC(O)C3)c(F)cc1N. The van der Waals surface area contributed by atoms with Gasteiger partial charge in [0, 0.05) is 17.8 Å². The number of aliphatic hydroxyl groups is 1. The molecule has 0 aliphatic carbocycles. The highest BCUT2D eigenvalue weighted by Gasteiger charge is 2.41.